The first-order chi connectivity index (χ1) is 9.28. The molecule has 1 aromatic carbocycles. The van der Waals surface area contributed by atoms with Gasteiger partial charge in [0.25, 0.3) is 0 Å². The number of benzene rings is 1. The van der Waals surface area contributed by atoms with E-state index in [1.807, 2.05) is 48.6 Å². The van der Waals surface area contributed by atoms with Crippen LogP contribution in [0.15, 0.2) is 48.7 Å². The van der Waals surface area contributed by atoms with Crippen LogP contribution in [0.2, 0.25) is 0 Å². The average molecular weight is 249 g/mol. The number of carbonyl (C=O) groups is 1. The van der Waals surface area contributed by atoms with Crippen LogP contribution >= 0.6 is 0 Å². The van der Waals surface area contributed by atoms with Gasteiger partial charge in [-0.1, -0.05) is 18.2 Å². The van der Waals surface area contributed by atoms with E-state index >= 15 is 0 Å². The Morgan fingerprint density at radius 3 is 2.95 bits per heavy atom. The molecule has 2 aromatic rings. The third kappa shape index (κ3) is 1.38. The number of ketones is 1. The Morgan fingerprint density at radius 1 is 1.16 bits per heavy atom. The molecule has 0 N–H and O–H groups in total. The van der Waals surface area contributed by atoms with Gasteiger partial charge in [0.1, 0.15) is 5.75 Å². The van der Waals surface area contributed by atoms with Crippen molar-refractivity contribution in [3.8, 4) is 5.75 Å². The predicted octanol–water partition coefficient (Wildman–Crippen LogP) is 2.67. The highest BCUT2D eigenvalue weighted by atomic mass is 16.5. The maximum atomic E-state index is 12.6. The van der Waals surface area contributed by atoms with E-state index in [1.54, 1.807) is 6.20 Å². The molecule has 1 unspecified atom stereocenters. The number of carbonyl (C=O) groups excluding carboxylic acids is 1. The highest BCUT2D eigenvalue weighted by molar-refractivity contribution is 6.09. The van der Waals surface area contributed by atoms with Crippen LogP contribution in [0.1, 0.15) is 21.6 Å². The number of nitrogens with zero attached hydrogens (tertiary/aromatic N) is 1. The van der Waals surface area contributed by atoms with E-state index in [2.05, 4.69) is 4.98 Å². The Bertz CT molecular complexity index is 720. The maximum Gasteiger partial charge on any atom is 0.214 e. The molecule has 92 valence electrons. The Kier molecular flexibility index (Phi) is 1.96. The van der Waals surface area contributed by atoms with E-state index in [0.717, 1.165) is 11.3 Å². The normalized spacial score (nSPS) is 23.1. The molecule has 0 radical (unpaired) electrons. The number of fused-ring (bicyclic) bond motifs is 2. The second kappa shape index (κ2) is 3.54. The fraction of sp³-hybridized carbons (Fsp3) is 0.125. The Balaban J connectivity index is 1.82. The number of pyridine rings is 1. The molecule has 0 saturated carbocycles. The van der Waals surface area contributed by atoms with Gasteiger partial charge in [0.15, 0.2) is 5.60 Å². The monoisotopic (exact) mass is 249 g/mol. The lowest BCUT2D eigenvalue weighted by molar-refractivity contribution is 0.0710. The first kappa shape index (κ1) is 10.5. The SMILES string of the molecule is O=C1c2ccccc2OC12C=Cc1ncccc1C2. The van der Waals surface area contributed by atoms with Crippen molar-refractivity contribution >= 4 is 11.9 Å². The van der Waals surface area contributed by atoms with E-state index in [1.165, 1.54) is 0 Å². The van der Waals surface area contributed by atoms with Gasteiger partial charge in [0.2, 0.25) is 5.78 Å². The third-order valence-corrected chi connectivity index (χ3v) is 3.70. The van der Waals surface area contributed by atoms with Gasteiger partial charge in [-0.2, -0.15) is 0 Å². The molecule has 1 aromatic heterocycles. The molecule has 0 bridgehead atoms. The summed E-state index contributed by atoms with van der Waals surface area (Å²) in [5, 5.41) is 0. The minimum absolute atomic E-state index is 0.0360. The summed E-state index contributed by atoms with van der Waals surface area (Å²) < 4.78 is 5.94. The average Bonchev–Trinajstić information content (AvgIpc) is 2.72. The predicted molar refractivity (Wildman–Crippen MR) is 71.1 cm³/mol. The van der Waals surface area contributed by atoms with E-state index in [9.17, 15) is 4.79 Å². The summed E-state index contributed by atoms with van der Waals surface area (Å²) in [6.45, 7) is 0. The lowest BCUT2D eigenvalue weighted by atomic mass is 9.84. The molecule has 1 aliphatic heterocycles. The number of hydrogen-bond acceptors (Lipinski definition) is 3. The van der Waals surface area contributed by atoms with Crippen molar-refractivity contribution in [3.05, 3.63) is 65.5 Å². The Labute approximate surface area is 110 Å². The minimum Gasteiger partial charge on any atom is -0.474 e. The van der Waals surface area contributed by atoms with Crippen molar-refractivity contribution in [2.24, 2.45) is 0 Å². The number of Topliss-reactive ketones (excluding diaryl/α,β-unsaturated/α-hetero) is 1. The van der Waals surface area contributed by atoms with Crippen molar-refractivity contribution in [1.82, 2.24) is 4.98 Å². The molecular formula is C16H11NO2. The zero-order valence-corrected chi connectivity index (χ0v) is 10.2. The summed E-state index contributed by atoms with van der Waals surface area (Å²) in [6.07, 6.45) is 6.01. The van der Waals surface area contributed by atoms with E-state index < -0.39 is 5.60 Å². The van der Waals surface area contributed by atoms with Gasteiger partial charge < -0.3 is 4.74 Å². The van der Waals surface area contributed by atoms with E-state index in [-0.39, 0.29) is 5.78 Å². The van der Waals surface area contributed by atoms with Gasteiger partial charge in [-0.05, 0) is 35.9 Å². The number of hydrogen-bond donors (Lipinski definition) is 0. The van der Waals surface area contributed by atoms with Crippen LogP contribution in [0, 0.1) is 0 Å². The summed E-state index contributed by atoms with van der Waals surface area (Å²) in [4.78, 5) is 16.9. The summed E-state index contributed by atoms with van der Waals surface area (Å²) >= 11 is 0. The van der Waals surface area contributed by atoms with Gasteiger partial charge in [0.05, 0.1) is 11.3 Å². The standard InChI is InChI=1S/C16H11NO2/c18-15-12-5-1-2-6-14(12)19-16(15)8-7-13-11(10-16)4-3-9-17-13/h1-9H,10H2. The first-order valence-corrected chi connectivity index (χ1v) is 6.24. The molecule has 1 aliphatic carbocycles. The number of ether oxygens (including phenoxy) is 1. The zero-order chi connectivity index (χ0) is 12.9. The van der Waals surface area contributed by atoms with Gasteiger partial charge in [-0.15, -0.1) is 0 Å². The van der Waals surface area contributed by atoms with Gasteiger partial charge in [0, 0.05) is 12.6 Å². The maximum absolute atomic E-state index is 12.6. The smallest absolute Gasteiger partial charge is 0.214 e. The molecule has 2 aliphatic rings. The highest BCUT2D eigenvalue weighted by Gasteiger charge is 2.47. The molecule has 0 fully saturated rings. The molecule has 19 heavy (non-hydrogen) atoms. The molecular weight excluding hydrogens is 238 g/mol. The third-order valence-electron chi connectivity index (χ3n) is 3.70. The van der Waals surface area contributed by atoms with Crippen LogP contribution in [0.5, 0.6) is 5.75 Å². The second-order valence-electron chi connectivity index (χ2n) is 4.87. The number of aromatic nitrogens is 1. The van der Waals surface area contributed by atoms with Gasteiger partial charge in [-0.3, -0.25) is 9.78 Å². The first-order valence-electron chi connectivity index (χ1n) is 6.24. The Hall–Kier alpha value is -2.42. The van der Waals surface area contributed by atoms with Crippen molar-refractivity contribution in [2.45, 2.75) is 12.0 Å². The molecule has 0 amide bonds. The summed E-state index contributed by atoms with van der Waals surface area (Å²) in [5.41, 5.74) is 1.76. The molecule has 1 atom stereocenters. The molecule has 0 saturated heterocycles. The highest BCUT2D eigenvalue weighted by Crippen LogP contribution is 2.40. The van der Waals surface area contributed by atoms with E-state index in [4.69, 9.17) is 4.74 Å². The number of para-hydroxylation sites is 1. The molecule has 1 spiro atoms. The topological polar surface area (TPSA) is 39.2 Å². The van der Waals surface area contributed by atoms with Crippen LogP contribution in [-0.4, -0.2) is 16.4 Å². The lowest BCUT2D eigenvalue weighted by Crippen LogP contribution is -2.41. The fourth-order valence-electron chi connectivity index (χ4n) is 2.75. The van der Waals surface area contributed by atoms with Crippen LogP contribution in [0.25, 0.3) is 6.08 Å². The summed E-state index contributed by atoms with van der Waals surface area (Å²) in [5.74, 6) is 0.707. The molecule has 3 nitrogen and oxygen atoms in total. The van der Waals surface area contributed by atoms with Crippen LogP contribution in [0.4, 0.5) is 0 Å². The molecule has 2 heterocycles. The Morgan fingerprint density at radius 2 is 2.05 bits per heavy atom. The van der Waals surface area contributed by atoms with Crippen molar-refractivity contribution < 1.29 is 9.53 Å². The van der Waals surface area contributed by atoms with Crippen LogP contribution in [0.3, 0.4) is 0 Å². The quantitative estimate of drug-likeness (QED) is 0.720. The van der Waals surface area contributed by atoms with E-state index in [0.29, 0.717) is 17.7 Å². The summed E-state index contributed by atoms with van der Waals surface area (Å²) in [6, 6.07) is 11.3. The zero-order valence-electron chi connectivity index (χ0n) is 10.2. The van der Waals surface area contributed by atoms with Crippen LogP contribution in [-0.2, 0) is 6.42 Å². The largest absolute Gasteiger partial charge is 0.474 e. The second-order valence-corrected chi connectivity index (χ2v) is 4.87. The minimum atomic E-state index is -0.875. The molecule has 4 rings (SSSR count). The number of rotatable bonds is 0. The van der Waals surface area contributed by atoms with Gasteiger partial charge in [-0.25, -0.2) is 0 Å². The molecule has 3 heteroatoms. The van der Waals surface area contributed by atoms with Crippen molar-refractivity contribution in [2.75, 3.05) is 0 Å². The lowest BCUT2D eigenvalue weighted by Gasteiger charge is -2.27. The van der Waals surface area contributed by atoms with Gasteiger partial charge >= 0.3 is 0 Å². The summed E-state index contributed by atoms with van der Waals surface area (Å²) in [7, 11) is 0. The van der Waals surface area contributed by atoms with Crippen molar-refractivity contribution in [1.29, 1.82) is 0 Å². The van der Waals surface area contributed by atoms with Crippen LogP contribution < -0.4 is 4.74 Å². The fourth-order valence-corrected chi connectivity index (χ4v) is 2.75. The van der Waals surface area contributed by atoms with Crippen molar-refractivity contribution in [3.63, 3.8) is 0 Å².